The third-order valence-corrected chi connectivity index (χ3v) is 6.82. The number of carbonyl (C=O) groups excluding carboxylic acids is 2. The lowest BCUT2D eigenvalue weighted by Crippen LogP contribution is -2.51. The number of alkyl halides is 3. The lowest BCUT2D eigenvalue weighted by atomic mass is 9.94. The summed E-state index contributed by atoms with van der Waals surface area (Å²) in [5.41, 5.74) is 0.160. The molecule has 0 radical (unpaired) electrons. The van der Waals surface area contributed by atoms with Gasteiger partial charge in [0.15, 0.2) is 5.82 Å². The molecule has 35 heavy (non-hydrogen) atoms. The van der Waals surface area contributed by atoms with E-state index < -0.39 is 11.7 Å². The SMILES string of the molecule is CC(C)c1c(C(=O)N2CCC(C(=O)N3CCN(C)CC3)CC2)cnn1-c1ccc(C(F)(F)F)cn1. The number of pyridine rings is 1. The molecule has 0 atom stereocenters. The predicted octanol–water partition coefficient (Wildman–Crippen LogP) is 3.04. The van der Waals surface area contributed by atoms with Crippen molar-refractivity contribution in [3.63, 3.8) is 0 Å². The molecule has 0 N–H and O–H groups in total. The summed E-state index contributed by atoms with van der Waals surface area (Å²) in [6, 6.07) is 2.21. The maximum atomic E-state index is 13.4. The molecule has 2 fully saturated rings. The number of hydrogen-bond acceptors (Lipinski definition) is 5. The van der Waals surface area contributed by atoms with E-state index >= 15 is 0 Å². The van der Waals surface area contributed by atoms with E-state index in [9.17, 15) is 22.8 Å². The van der Waals surface area contributed by atoms with Crippen molar-refractivity contribution in [1.82, 2.24) is 29.5 Å². The van der Waals surface area contributed by atoms with Crippen LogP contribution in [0.15, 0.2) is 24.5 Å². The van der Waals surface area contributed by atoms with E-state index in [-0.39, 0.29) is 29.5 Å². The number of nitrogens with zero attached hydrogens (tertiary/aromatic N) is 6. The number of halogens is 3. The molecule has 0 bridgehead atoms. The maximum Gasteiger partial charge on any atom is 0.417 e. The van der Waals surface area contributed by atoms with Crippen LogP contribution in [0.4, 0.5) is 13.2 Å². The first-order valence-electron chi connectivity index (χ1n) is 11.9. The molecule has 0 saturated carbocycles. The normalized spacial score (nSPS) is 18.4. The summed E-state index contributed by atoms with van der Waals surface area (Å²) in [4.78, 5) is 36.1. The Balaban J connectivity index is 1.46. The Bertz CT molecular complexity index is 1050. The fourth-order valence-electron chi connectivity index (χ4n) is 4.72. The van der Waals surface area contributed by atoms with Crippen molar-refractivity contribution in [1.29, 1.82) is 0 Å². The molecule has 2 aliphatic rings. The van der Waals surface area contributed by atoms with Gasteiger partial charge in [-0.05, 0) is 37.9 Å². The number of rotatable bonds is 4. The number of amides is 2. The Morgan fingerprint density at radius 2 is 1.63 bits per heavy atom. The van der Waals surface area contributed by atoms with Gasteiger partial charge < -0.3 is 14.7 Å². The number of likely N-dealkylation sites (N-methyl/N-ethyl adjacent to an activating group) is 1. The molecule has 2 aromatic rings. The molecule has 2 aliphatic heterocycles. The number of carbonyl (C=O) groups is 2. The highest BCUT2D eigenvalue weighted by molar-refractivity contribution is 5.95. The highest BCUT2D eigenvalue weighted by Gasteiger charge is 2.34. The predicted molar refractivity (Wildman–Crippen MR) is 123 cm³/mol. The van der Waals surface area contributed by atoms with E-state index in [4.69, 9.17) is 0 Å². The third kappa shape index (κ3) is 5.34. The second-order valence-corrected chi connectivity index (χ2v) is 9.61. The Labute approximate surface area is 202 Å². The van der Waals surface area contributed by atoms with E-state index in [0.29, 0.717) is 37.2 Å². The van der Waals surface area contributed by atoms with Gasteiger partial charge in [-0.3, -0.25) is 9.59 Å². The van der Waals surface area contributed by atoms with E-state index in [2.05, 4.69) is 15.0 Å². The number of piperidine rings is 1. The zero-order valence-electron chi connectivity index (χ0n) is 20.3. The Hall–Kier alpha value is -2.95. The largest absolute Gasteiger partial charge is 0.417 e. The zero-order chi connectivity index (χ0) is 25.3. The summed E-state index contributed by atoms with van der Waals surface area (Å²) in [5.74, 6) is 0.0202. The molecular weight excluding hydrogens is 461 g/mol. The van der Waals surface area contributed by atoms with E-state index in [1.165, 1.54) is 16.9 Å². The van der Waals surface area contributed by atoms with Crippen molar-refractivity contribution in [2.24, 2.45) is 5.92 Å². The first kappa shape index (κ1) is 25.2. The highest BCUT2D eigenvalue weighted by Crippen LogP contribution is 2.30. The van der Waals surface area contributed by atoms with Gasteiger partial charge >= 0.3 is 6.18 Å². The molecule has 2 saturated heterocycles. The minimum Gasteiger partial charge on any atom is -0.340 e. The molecule has 0 unspecified atom stereocenters. The lowest BCUT2D eigenvalue weighted by molar-refractivity contribution is -0.139. The molecule has 0 aromatic carbocycles. The summed E-state index contributed by atoms with van der Waals surface area (Å²) in [7, 11) is 2.05. The zero-order valence-corrected chi connectivity index (χ0v) is 20.3. The molecule has 190 valence electrons. The average molecular weight is 493 g/mol. The maximum absolute atomic E-state index is 13.4. The van der Waals surface area contributed by atoms with Gasteiger partial charge in [0.2, 0.25) is 5.91 Å². The van der Waals surface area contributed by atoms with Gasteiger partial charge in [-0.15, -0.1) is 0 Å². The van der Waals surface area contributed by atoms with Crippen molar-refractivity contribution in [3.8, 4) is 5.82 Å². The molecule has 11 heteroatoms. The van der Waals surface area contributed by atoms with Crippen molar-refractivity contribution in [2.75, 3.05) is 46.3 Å². The molecule has 4 rings (SSSR count). The summed E-state index contributed by atoms with van der Waals surface area (Å²) in [6.07, 6.45) is -1.02. The summed E-state index contributed by atoms with van der Waals surface area (Å²) < 4.78 is 40.1. The fourth-order valence-corrected chi connectivity index (χ4v) is 4.72. The molecular formula is C24H31F3N6O2. The van der Waals surface area contributed by atoms with Gasteiger partial charge in [0.25, 0.3) is 5.91 Å². The van der Waals surface area contributed by atoms with Crippen LogP contribution in [0.5, 0.6) is 0 Å². The Morgan fingerprint density at radius 3 is 2.17 bits per heavy atom. The number of likely N-dealkylation sites (tertiary alicyclic amines) is 1. The third-order valence-electron chi connectivity index (χ3n) is 6.82. The first-order chi connectivity index (χ1) is 16.6. The van der Waals surface area contributed by atoms with Crippen molar-refractivity contribution in [2.45, 2.75) is 38.8 Å². The quantitative estimate of drug-likeness (QED) is 0.656. The molecule has 2 amide bonds. The number of piperazine rings is 1. The second kappa shape index (κ2) is 9.96. The summed E-state index contributed by atoms with van der Waals surface area (Å²) in [5, 5.41) is 4.29. The molecule has 0 aliphatic carbocycles. The van der Waals surface area contributed by atoms with Crippen LogP contribution in [-0.2, 0) is 11.0 Å². The van der Waals surface area contributed by atoms with Crippen LogP contribution in [0.25, 0.3) is 5.82 Å². The van der Waals surface area contributed by atoms with Crippen LogP contribution in [-0.4, -0.2) is 87.6 Å². The van der Waals surface area contributed by atoms with E-state index in [1.807, 2.05) is 25.8 Å². The highest BCUT2D eigenvalue weighted by atomic mass is 19.4. The number of hydrogen-bond donors (Lipinski definition) is 0. The Kier molecular flexibility index (Phi) is 7.16. The average Bonchev–Trinajstić information content (AvgIpc) is 3.29. The number of aromatic nitrogens is 3. The molecule has 2 aromatic heterocycles. The van der Waals surface area contributed by atoms with Gasteiger partial charge in [-0.2, -0.15) is 18.3 Å². The van der Waals surface area contributed by atoms with Gasteiger partial charge in [0.1, 0.15) is 0 Å². The van der Waals surface area contributed by atoms with Gasteiger partial charge in [-0.1, -0.05) is 13.8 Å². The Morgan fingerprint density at radius 1 is 0.971 bits per heavy atom. The van der Waals surface area contributed by atoms with E-state index in [0.717, 1.165) is 38.4 Å². The standard InChI is InChI=1S/C24H31F3N6O2/c1-16(2)21-19(15-29-33(21)20-5-4-18(14-28-20)24(25,26)27)23(35)31-8-6-17(7-9-31)22(34)32-12-10-30(3)11-13-32/h4-5,14-17H,6-13H2,1-3H3. The van der Waals surface area contributed by atoms with Gasteiger partial charge in [-0.25, -0.2) is 9.67 Å². The second-order valence-electron chi connectivity index (χ2n) is 9.61. The fraction of sp³-hybridized carbons (Fsp3) is 0.583. The minimum absolute atomic E-state index is 0.0777. The topological polar surface area (TPSA) is 74.6 Å². The van der Waals surface area contributed by atoms with Gasteiger partial charge in [0, 0.05) is 51.4 Å². The molecule has 4 heterocycles. The van der Waals surface area contributed by atoms with Crippen molar-refractivity contribution >= 4 is 11.8 Å². The smallest absolute Gasteiger partial charge is 0.340 e. The van der Waals surface area contributed by atoms with Crippen molar-refractivity contribution in [3.05, 3.63) is 41.3 Å². The van der Waals surface area contributed by atoms with Crippen LogP contribution < -0.4 is 0 Å². The monoisotopic (exact) mass is 492 g/mol. The molecule has 0 spiro atoms. The van der Waals surface area contributed by atoms with Crippen LogP contribution in [0.2, 0.25) is 0 Å². The van der Waals surface area contributed by atoms with E-state index in [1.54, 1.807) is 4.90 Å². The van der Waals surface area contributed by atoms with Crippen LogP contribution in [0.3, 0.4) is 0 Å². The summed E-state index contributed by atoms with van der Waals surface area (Å²) in [6.45, 7) is 7.98. The van der Waals surface area contributed by atoms with Crippen LogP contribution in [0, 0.1) is 5.92 Å². The lowest BCUT2D eigenvalue weighted by Gasteiger charge is -2.37. The minimum atomic E-state index is -4.48. The molecule has 8 nitrogen and oxygen atoms in total. The summed E-state index contributed by atoms with van der Waals surface area (Å²) >= 11 is 0. The van der Waals surface area contributed by atoms with Crippen molar-refractivity contribution < 1.29 is 22.8 Å². The van der Waals surface area contributed by atoms with Crippen LogP contribution in [0.1, 0.15) is 54.2 Å². The van der Waals surface area contributed by atoms with Crippen LogP contribution >= 0.6 is 0 Å². The first-order valence-corrected chi connectivity index (χ1v) is 11.9. The van der Waals surface area contributed by atoms with Gasteiger partial charge in [0.05, 0.1) is 23.0 Å².